The second-order valence-corrected chi connectivity index (χ2v) is 8.76. The summed E-state index contributed by atoms with van der Waals surface area (Å²) in [5.41, 5.74) is 2.38. The maximum absolute atomic E-state index is 13.4. The number of aromatic nitrogens is 3. The quantitative estimate of drug-likeness (QED) is 0.585. The van der Waals surface area contributed by atoms with Gasteiger partial charge in [0.1, 0.15) is 12.5 Å². The number of halogens is 4. The van der Waals surface area contributed by atoms with Gasteiger partial charge in [-0.2, -0.15) is 13.2 Å². The van der Waals surface area contributed by atoms with E-state index in [1.165, 1.54) is 0 Å². The number of rotatable bonds is 3. The Balaban J connectivity index is 1.59. The molecule has 170 valence electrons. The van der Waals surface area contributed by atoms with Crippen molar-refractivity contribution < 1.29 is 22.6 Å². The van der Waals surface area contributed by atoms with Gasteiger partial charge in [-0.25, -0.2) is 9.97 Å². The van der Waals surface area contributed by atoms with Crippen LogP contribution in [0, 0.1) is 12.8 Å². The molecule has 1 saturated heterocycles. The molecule has 2 aromatic heterocycles. The fourth-order valence-electron chi connectivity index (χ4n) is 4.64. The molecule has 0 spiro atoms. The Morgan fingerprint density at radius 3 is 2.72 bits per heavy atom. The molecule has 0 amide bonds. The zero-order valence-corrected chi connectivity index (χ0v) is 18.1. The zero-order chi connectivity index (χ0) is 22.5. The van der Waals surface area contributed by atoms with E-state index in [9.17, 15) is 13.2 Å². The molecule has 0 unspecified atom stereocenters. The first-order valence-corrected chi connectivity index (χ1v) is 10.8. The third-order valence-corrected chi connectivity index (χ3v) is 6.27. The van der Waals surface area contributed by atoms with Gasteiger partial charge in [-0.1, -0.05) is 11.6 Å². The molecule has 4 heterocycles. The first-order chi connectivity index (χ1) is 15.3. The number of ether oxygens (including phenoxy) is 2. The number of hydrogen-bond acceptors (Lipinski definition) is 5. The van der Waals surface area contributed by atoms with Gasteiger partial charge in [0.05, 0.1) is 19.3 Å². The summed E-state index contributed by atoms with van der Waals surface area (Å²) in [5, 5.41) is 1.68. The number of aromatic amines is 1. The van der Waals surface area contributed by atoms with Crippen LogP contribution < -0.4 is 4.90 Å². The van der Waals surface area contributed by atoms with Gasteiger partial charge in [0.2, 0.25) is 5.95 Å². The minimum absolute atomic E-state index is 0.0855. The lowest BCUT2D eigenvalue weighted by molar-refractivity contribution is -0.141. The summed E-state index contributed by atoms with van der Waals surface area (Å²) in [6, 6.07) is 6.40. The summed E-state index contributed by atoms with van der Waals surface area (Å²) in [4.78, 5) is 13.6. The number of H-pyrrole nitrogens is 1. The Hall–Kier alpha value is -2.36. The molecule has 1 N–H and O–H groups in total. The monoisotopic (exact) mass is 466 g/mol. The molecule has 1 atom stereocenters. The largest absolute Gasteiger partial charge is 0.433 e. The maximum atomic E-state index is 13.4. The molecule has 0 bridgehead atoms. The maximum Gasteiger partial charge on any atom is 0.433 e. The fraction of sp³-hybridized carbons (Fsp3) is 0.455. The number of nitrogens with zero attached hydrogens (tertiary/aromatic N) is 3. The van der Waals surface area contributed by atoms with Crippen LogP contribution in [-0.4, -0.2) is 41.5 Å². The van der Waals surface area contributed by atoms with Crippen molar-refractivity contribution in [3.8, 4) is 0 Å². The van der Waals surface area contributed by atoms with Crippen LogP contribution >= 0.6 is 11.6 Å². The second-order valence-electron chi connectivity index (χ2n) is 8.32. The van der Waals surface area contributed by atoms with Gasteiger partial charge in [-0.15, -0.1) is 0 Å². The molecule has 2 aliphatic rings. The molecular formula is C22H22ClF3N4O2. The molecule has 0 saturated carbocycles. The van der Waals surface area contributed by atoms with E-state index in [0.29, 0.717) is 37.6 Å². The molecule has 10 heteroatoms. The van der Waals surface area contributed by atoms with Crippen molar-refractivity contribution in [3.63, 3.8) is 0 Å². The average molecular weight is 467 g/mol. The second kappa shape index (κ2) is 8.20. The lowest BCUT2D eigenvalue weighted by Gasteiger charge is -2.38. The molecule has 0 radical (unpaired) electrons. The molecule has 5 rings (SSSR count). The van der Waals surface area contributed by atoms with Gasteiger partial charge in [-0.3, -0.25) is 0 Å². The Kier molecular flexibility index (Phi) is 5.51. The van der Waals surface area contributed by atoms with Crippen LogP contribution in [0.3, 0.4) is 0 Å². The average Bonchev–Trinajstić information content (AvgIpc) is 3.12. The normalized spacial score (nSPS) is 20.0. The van der Waals surface area contributed by atoms with Gasteiger partial charge < -0.3 is 19.4 Å². The fourth-order valence-corrected chi connectivity index (χ4v) is 4.81. The number of hydrogen-bond donors (Lipinski definition) is 1. The minimum atomic E-state index is -4.54. The van der Waals surface area contributed by atoms with E-state index in [1.54, 1.807) is 6.92 Å². The van der Waals surface area contributed by atoms with E-state index in [2.05, 4.69) is 15.0 Å². The van der Waals surface area contributed by atoms with E-state index < -0.39 is 11.9 Å². The van der Waals surface area contributed by atoms with Crippen LogP contribution in [-0.2, 0) is 22.1 Å². The van der Waals surface area contributed by atoms with Gasteiger partial charge in [-0.05, 0) is 49.6 Å². The molecule has 1 fully saturated rings. The number of nitrogens with one attached hydrogen (secondary N) is 1. The number of benzene rings is 1. The van der Waals surface area contributed by atoms with E-state index in [-0.39, 0.29) is 30.4 Å². The number of aryl methyl sites for hydroxylation is 1. The van der Waals surface area contributed by atoms with Crippen molar-refractivity contribution >= 4 is 28.5 Å². The highest BCUT2D eigenvalue weighted by atomic mass is 35.5. The van der Waals surface area contributed by atoms with Crippen LogP contribution in [0.2, 0.25) is 5.02 Å². The number of fused-ring (bicyclic) bond motifs is 3. The summed E-state index contributed by atoms with van der Waals surface area (Å²) in [6.45, 7) is 3.38. The van der Waals surface area contributed by atoms with Crippen LogP contribution in [0.4, 0.5) is 19.1 Å². The van der Waals surface area contributed by atoms with Gasteiger partial charge in [0.25, 0.3) is 0 Å². The molecule has 3 aromatic rings. The van der Waals surface area contributed by atoms with Crippen molar-refractivity contribution in [1.82, 2.24) is 15.0 Å². The molecule has 6 nitrogen and oxygen atoms in total. The highest BCUT2D eigenvalue weighted by molar-refractivity contribution is 6.31. The van der Waals surface area contributed by atoms with Crippen molar-refractivity contribution in [2.24, 2.45) is 5.92 Å². The van der Waals surface area contributed by atoms with E-state index in [1.807, 2.05) is 23.1 Å². The summed E-state index contributed by atoms with van der Waals surface area (Å²) in [6.07, 6.45) is -3.27. The minimum Gasteiger partial charge on any atom is -0.356 e. The Morgan fingerprint density at radius 2 is 1.97 bits per heavy atom. The highest BCUT2D eigenvalue weighted by Crippen LogP contribution is 2.41. The molecule has 2 aliphatic heterocycles. The summed E-state index contributed by atoms with van der Waals surface area (Å²) in [7, 11) is 0. The van der Waals surface area contributed by atoms with Crippen LogP contribution in [0.25, 0.3) is 10.9 Å². The van der Waals surface area contributed by atoms with Gasteiger partial charge in [0, 0.05) is 39.8 Å². The number of alkyl halides is 3. The predicted molar refractivity (Wildman–Crippen MR) is 114 cm³/mol. The third kappa shape index (κ3) is 4.04. The lowest BCUT2D eigenvalue weighted by atomic mass is 9.90. The first-order valence-electron chi connectivity index (χ1n) is 10.4. The predicted octanol–water partition coefficient (Wildman–Crippen LogP) is 5.05. The molecule has 0 aliphatic carbocycles. The Labute approximate surface area is 187 Å². The van der Waals surface area contributed by atoms with Crippen molar-refractivity contribution in [2.45, 2.75) is 32.0 Å². The van der Waals surface area contributed by atoms with Crippen molar-refractivity contribution in [1.29, 1.82) is 0 Å². The van der Waals surface area contributed by atoms with E-state index >= 15 is 0 Å². The Bertz CT molecular complexity index is 1140. The van der Waals surface area contributed by atoms with Gasteiger partial charge >= 0.3 is 6.18 Å². The SMILES string of the molecule is Cc1cc(C(F)(F)F)nc(N2CCc3c([nH]c4ccc(Cl)cc34)[C@@H]2CC2COCOC2)n1. The van der Waals surface area contributed by atoms with Crippen LogP contribution in [0.15, 0.2) is 24.3 Å². The third-order valence-electron chi connectivity index (χ3n) is 6.03. The zero-order valence-electron chi connectivity index (χ0n) is 17.4. The molecular weight excluding hydrogens is 445 g/mol. The van der Waals surface area contributed by atoms with Crippen LogP contribution in [0.1, 0.15) is 35.1 Å². The summed E-state index contributed by atoms with van der Waals surface area (Å²) < 4.78 is 51.2. The summed E-state index contributed by atoms with van der Waals surface area (Å²) in [5.74, 6) is 0.186. The lowest BCUT2D eigenvalue weighted by Crippen LogP contribution is -2.39. The first kappa shape index (κ1) is 21.5. The van der Waals surface area contributed by atoms with Crippen molar-refractivity contribution in [2.75, 3.05) is 31.5 Å². The van der Waals surface area contributed by atoms with E-state index in [0.717, 1.165) is 28.2 Å². The smallest absolute Gasteiger partial charge is 0.356 e. The molecule has 32 heavy (non-hydrogen) atoms. The topological polar surface area (TPSA) is 63.3 Å². The highest BCUT2D eigenvalue weighted by Gasteiger charge is 2.37. The van der Waals surface area contributed by atoms with Crippen molar-refractivity contribution in [3.05, 3.63) is 51.9 Å². The van der Waals surface area contributed by atoms with E-state index in [4.69, 9.17) is 21.1 Å². The Morgan fingerprint density at radius 1 is 1.19 bits per heavy atom. The molecule has 1 aromatic carbocycles. The van der Waals surface area contributed by atoms with Crippen LogP contribution in [0.5, 0.6) is 0 Å². The van der Waals surface area contributed by atoms with Gasteiger partial charge in [0.15, 0.2) is 0 Å². The standard InChI is InChI=1S/C22H22ClF3N4O2/c1-12-6-19(22(24,25)26)29-21(27-12)30-5-4-15-16-8-14(23)2-3-17(16)28-20(15)18(30)7-13-9-31-11-32-10-13/h2-3,6,8,13,18,28H,4-5,7,9-11H2,1H3/t18-/m0/s1. The summed E-state index contributed by atoms with van der Waals surface area (Å²) >= 11 is 6.23. The number of anilines is 1.